The summed E-state index contributed by atoms with van der Waals surface area (Å²) in [5.41, 5.74) is 3.29. The molecule has 2 aromatic heterocycles. The lowest BCUT2D eigenvalue weighted by Gasteiger charge is -2.33. The van der Waals surface area contributed by atoms with Gasteiger partial charge in [0.1, 0.15) is 22.6 Å². The summed E-state index contributed by atoms with van der Waals surface area (Å²) in [5.74, 6) is 2.17. The van der Waals surface area contributed by atoms with Gasteiger partial charge in [-0.25, -0.2) is 4.99 Å². The Hall–Kier alpha value is -1.91. The minimum Gasteiger partial charge on any atom is -0.455 e. The van der Waals surface area contributed by atoms with E-state index in [-0.39, 0.29) is 5.41 Å². The third kappa shape index (κ3) is 4.34. The molecule has 0 amide bonds. The van der Waals surface area contributed by atoms with Gasteiger partial charge in [-0.3, -0.25) is 0 Å². The van der Waals surface area contributed by atoms with Crippen LogP contribution in [0.15, 0.2) is 45.8 Å². The van der Waals surface area contributed by atoms with Crippen molar-refractivity contribution in [2.75, 3.05) is 0 Å². The van der Waals surface area contributed by atoms with Crippen molar-refractivity contribution in [1.29, 1.82) is 5.26 Å². The first kappa shape index (κ1) is 20.4. The Kier molecular flexibility index (Phi) is 5.67. The Bertz CT molecular complexity index is 1090. The summed E-state index contributed by atoms with van der Waals surface area (Å²) in [6, 6.07) is 14.5. The minimum absolute atomic E-state index is 0.290. The molecule has 0 fully saturated rings. The topological polar surface area (TPSA) is 49.3 Å². The third-order valence-electron chi connectivity index (χ3n) is 5.65. The zero-order valence-corrected chi connectivity index (χ0v) is 19.8. The Morgan fingerprint density at radius 2 is 1.97 bits per heavy atom. The van der Waals surface area contributed by atoms with E-state index in [1.54, 1.807) is 17.6 Å². The summed E-state index contributed by atoms with van der Waals surface area (Å²) in [5, 5.41) is 10.5. The van der Waals surface area contributed by atoms with Gasteiger partial charge in [0.15, 0.2) is 0 Å². The number of hydrogen-bond donors (Lipinski definition) is 0. The lowest BCUT2D eigenvalue weighted by Crippen LogP contribution is -2.26. The van der Waals surface area contributed by atoms with Crippen molar-refractivity contribution in [2.45, 2.75) is 40.0 Å². The molecule has 0 radical (unpaired) electrons. The molecule has 2 heterocycles. The standard InChI is InChI=1S/C24H23IN2OS/c1-24(2,3)16-6-10-19-20(13-26)23(29-22(19)12-16)27-14-18-9-11-21(28-18)15-4-7-17(25)8-5-15/h4-5,7-9,11,14,16H,6,10,12H2,1-3H3/t16-/m0/s1. The molecule has 1 aromatic carbocycles. The van der Waals surface area contributed by atoms with Crippen molar-refractivity contribution in [3.8, 4) is 17.4 Å². The number of fused-ring (bicyclic) bond motifs is 1. The van der Waals surface area contributed by atoms with Crippen LogP contribution >= 0.6 is 33.9 Å². The first-order valence-corrected chi connectivity index (χ1v) is 11.7. The number of nitrogens with zero attached hydrogens (tertiary/aromatic N) is 2. The maximum atomic E-state index is 9.72. The van der Waals surface area contributed by atoms with E-state index in [0.29, 0.717) is 11.7 Å². The van der Waals surface area contributed by atoms with Gasteiger partial charge in [-0.2, -0.15) is 5.26 Å². The lowest BCUT2D eigenvalue weighted by atomic mass is 9.72. The van der Waals surface area contributed by atoms with Crippen LogP contribution in [-0.4, -0.2) is 6.21 Å². The molecule has 0 saturated carbocycles. The highest BCUT2D eigenvalue weighted by Gasteiger charge is 2.32. The van der Waals surface area contributed by atoms with Gasteiger partial charge in [0.2, 0.25) is 0 Å². The minimum atomic E-state index is 0.290. The molecule has 4 rings (SSSR count). The van der Waals surface area contributed by atoms with E-state index in [9.17, 15) is 5.26 Å². The molecule has 148 valence electrons. The Labute approximate surface area is 189 Å². The van der Waals surface area contributed by atoms with Crippen molar-refractivity contribution in [1.82, 2.24) is 0 Å². The largest absolute Gasteiger partial charge is 0.455 e. The fourth-order valence-electron chi connectivity index (χ4n) is 3.83. The van der Waals surface area contributed by atoms with Crippen LogP contribution in [-0.2, 0) is 12.8 Å². The highest BCUT2D eigenvalue weighted by molar-refractivity contribution is 14.1. The highest BCUT2D eigenvalue weighted by atomic mass is 127. The zero-order valence-electron chi connectivity index (χ0n) is 16.8. The van der Waals surface area contributed by atoms with E-state index in [2.05, 4.69) is 66.6 Å². The van der Waals surface area contributed by atoms with Crippen LogP contribution in [0.3, 0.4) is 0 Å². The van der Waals surface area contributed by atoms with Crippen molar-refractivity contribution < 1.29 is 4.42 Å². The number of furan rings is 1. The monoisotopic (exact) mass is 514 g/mol. The van der Waals surface area contributed by atoms with E-state index in [1.165, 1.54) is 14.0 Å². The predicted octanol–water partition coefficient (Wildman–Crippen LogP) is 7.39. The smallest absolute Gasteiger partial charge is 0.145 e. The lowest BCUT2D eigenvalue weighted by molar-refractivity contribution is 0.218. The Morgan fingerprint density at radius 1 is 1.21 bits per heavy atom. The van der Waals surface area contributed by atoms with Crippen LogP contribution in [0.4, 0.5) is 5.00 Å². The average molecular weight is 514 g/mol. The maximum absolute atomic E-state index is 9.72. The summed E-state index contributed by atoms with van der Waals surface area (Å²) in [4.78, 5) is 5.97. The summed E-state index contributed by atoms with van der Waals surface area (Å²) >= 11 is 3.96. The number of thiophene rings is 1. The SMILES string of the molecule is CC(C)(C)[C@H]1CCc2c(sc(N=Cc3ccc(-c4ccc(I)cc4)o3)c2C#N)C1. The number of rotatable bonds is 3. The molecule has 5 heteroatoms. The maximum Gasteiger partial charge on any atom is 0.145 e. The molecule has 1 atom stereocenters. The second-order valence-electron chi connectivity index (χ2n) is 8.57. The second-order valence-corrected chi connectivity index (χ2v) is 10.9. The van der Waals surface area contributed by atoms with Gasteiger partial charge < -0.3 is 4.42 Å². The fourth-order valence-corrected chi connectivity index (χ4v) is 5.41. The molecular formula is C24H23IN2OS. The number of nitriles is 1. The first-order valence-electron chi connectivity index (χ1n) is 9.79. The molecular weight excluding hydrogens is 491 g/mol. The van der Waals surface area contributed by atoms with Crippen LogP contribution < -0.4 is 0 Å². The van der Waals surface area contributed by atoms with E-state index >= 15 is 0 Å². The van der Waals surface area contributed by atoms with E-state index in [1.807, 2.05) is 24.3 Å². The van der Waals surface area contributed by atoms with Crippen LogP contribution in [0, 0.1) is 26.2 Å². The molecule has 0 saturated heterocycles. The zero-order chi connectivity index (χ0) is 20.6. The van der Waals surface area contributed by atoms with Crippen LogP contribution in [0.5, 0.6) is 0 Å². The second kappa shape index (κ2) is 8.08. The molecule has 0 bridgehead atoms. The third-order valence-corrected chi connectivity index (χ3v) is 7.53. The van der Waals surface area contributed by atoms with E-state index < -0.39 is 0 Å². The molecule has 0 aliphatic heterocycles. The molecule has 0 spiro atoms. The summed E-state index contributed by atoms with van der Waals surface area (Å²) in [7, 11) is 0. The number of halogens is 1. The number of benzene rings is 1. The molecule has 0 unspecified atom stereocenters. The van der Waals surface area contributed by atoms with E-state index in [0.717, 1.165) is 41.2 Å². The fraction of sp³-hybridized carbons (Fsp3) is 0.333. The molecule has 0 N–H and O–H groups in total. The molecule has 3 aromatic rings. The van der Waals surface area contributed by atoms with Gasteiger partial charge in [-0.05, 0) is 83.0 Å². The number of hydrogen-bond acceptors (Lipinski definition) is 4. The normalized spacial score (nSPS) is 16.7. The predicted molar refractivity (Wildman–Crippen MR) is 128 cm³/mol. The molecule has 3 nitrogen and oxygen atoms in total. The summed E-state index contributed by atoms with van der Waals surface area (Å²) < 4.78 is 7.13. The van der Waals surface area contributed by atoms with Crippen LogP contribution in [0.25, 0.3) is 11.3 Å². The van der Waals surface area contributed by atoms with E-state index in [4.69, 9.17) is 4.42 Å². The van der Waals surface area contributed by atoms with Crippen molar-refractivity contribution in [3.05, 3.63) is 61.7 Å². The van der Waals surface area contributed by atoms with Gasteiger partial charge in [-0.1, -0.05) is 32.9 Å². The van der Waals surface area contributed by atoms with Crippen molar-refractivity contribution in [3.63, 3.8) is 0 Å². The van der Waals surface area contributed by atoms with Gasteiger partial charge in [0, 0.05) is 14.0 Å². The molecule has 29 heavy (non-hydrogen) atoms. The quantitative estimate of drug-likeness (QED) is 0.270. The van der Waals surface area contributed by atoms with Crippen molar-refractivity contribution >= 4 is 45.1 Å². The Balaban J connectivity index is 1.58. The number of aliphatic imine (C=N–C) groups is 1. The summed E-state index contributed by atoms with van der Waals surface area (Å²) in [6.07, 6.45) is 4.90. The summed E-state index contributed by atoms with van der Waals surface area (Å²) in [6.45, 7) is 6.92. The molecule has 1 aliphatic carbocycles. The highest BCUT2D eigenvalue weighted by Crippen LogP contribution is 2.44. The molecule has 1 aliphatic rings. The average Bonchev–Trinajstić information content (AvgIpc) is 3.29. The first-order chi connectivity index (χ1) is 13.8. The van der Waals surface area contributed by atoms with Crippen LogP contribution in [0.1, 0.15) is 49.0 Å². The van der Waals surface area contributed by atoms with Crippen molar-refractivity contribution in [2.24, 2.45) is 16.3 Å². The van der Waals surface area contributed by atoms with Gasteiger partial charge in [0.25, 0.3) is 0 Å². The van der Waals surface area contributed by atoms with Gasteiger partial charge >= 0.3 is 0 Å². The Morgan fingerprint density at radius 3 is 2.66 bits per heavy atom. The van der Waals surface area contributed by atoms with Gasteiger partial charge in [-0.15, -0.1) is 11.3 Å². The van der Waals surface area contributed by atoms with Crippen LogP contribution in [0.2, 0.25) is 0 Å². The van der Waals surface area contributed by atoms with Gasteiger partial charge in [0.05, 0.1) is 11.8 Å².